The fraction of sp³-hybridized carbons (Fsp3) is 0.174. The second kappa shape index (κ2) is 8.49. The Kier molecular flexibility index (Phi) is 6.07. The van der Waals surface area contributed by atoms with Crippen LogP contribution in [0.3, 0.4) is 0 Å². The van der Waals surface area contributed by atoms with Crippen LogP contribution in [0.25, 0.3) is 0 Å². The maximum atomic E-state index is 13.1. The van der Waals surface area contributed by atoms with Crippen molar-refractivity contribution in [2.24, 2.45) is 0 Å². The number of Topliss-reactive ketones (excluding diaryl/α,β-unsaturated/α-hetero) is 1. The van der Waals surface area contributed by atoms with Crippen LogP contribution in [0.1, 0.15) is 39.5 Å². The Morgan fingerprint density at radius 3 is 2.26 bits per heavy atom. The first-order valence-electron chi connectivity index (χ1n) is 8.80. The molecule has 4 heteroatoms. The van der Waals surface area contributed by atoms with Crippen LogP contribution < -0.4 is 5.32 Å². The van der Waals surface area contributed by atoms with Crippen molar-refractivity contribution in [2.75, 3.05) is 5.32 Å². The lowest BCUT2D eigenvalue weighted by atomic mass is 9.97. The zero-order valence-corrected chi connectivity index (χ0v) is 16.9. The minimum absolute atomic E-state index is 0.0285. The van der Waals surface area contributed by atoms with E-state index in [4.69, 9.17) is 0 Å². The van der Waals surface area contributed by atoms with Gasteiger partial charge in [-0.25, -0.2) is 4.39 Å². The summed E-state index contributed by atoms with van der Waals surface area (Å²) >= 11 is 3.45. The van der Waals surface area contributed by atoms with Crippen LogP contribution >= 0.6 is 15.9 Å². The third-order valence-electron chi connectivity index (χ3n) is 4.68. The Morgan fingerprint density at radius 2 is 1.63 bits per heavy atom. The van der Waals surface area contributed by atoms with Gasteiger partial charge in [0.1, 0.15) is 5.82 Å². The minimum atomic E-state index is -0.343. The average Bonchev–Trinajstić information content (AvgIpc) is 2.65. The van der Waals surface area contributed by atoms with E-state index in [0.717, 1.165) is 15.7 Å². The highest BCUT2D eigenvalue weighted by molar-refractivity contribution is 9.10. The summed E-state index contributed by atoms with van der Waals surface area (Å²) in [6.07, 6.45) is 0.278. The summed E-state index contributed by atoms with van der Waals surface area (Å²) < 4.78 is 14.1. The van der Waals surface area contributed by atoms with Crippen molar-refractivity contribution >= 4 is 27.4 Å². The molecule has 0 aliphatic carbocycles. The van der Waals surface area contributed by atoms with Crippen LogP contribution in [-0.2, 0) is 0 Å². The maximum absolute atomic E-state index is 13.1. The molecule has 3 aromatic carbocycles. The van der Waals surface area contributed by atoms with Crippen molar-refractivity contribution in [3.63, 3.8) is 0 Å². The van der Waals surface area contributed by atoms with Gasteiger partial charge in [-0.2, -0.15) is 0 Å². The Balaban J connectivity index is 1.86. The van der Waals surface area contributed by atoms with E-state index in [-0.39, 0.29) is 24.1 Å². The molecule has 2 nitrogen and oxygen atoms in total. The van der Waals surface area contributed by atoms with Crippen molar-refractivity contribution in [3.8, 4) is 0 Å². The largest absolute Gasteiger partial charge is 0.378 e. The molecule has 0 spiro atoms. The van der Waals surface area contributed by atoms with Gasteiger partial charge in [0.15, 0.2) is 5.78 Å². The SMILES string of the molecule is Cc1ccc(NC(CC(=O)c2ccc(F)cc2)c2ccc(Br)cc2)cc1C. The highest BCUT2D eigenvalue weighted by Crippen LogP contribution is 2.27. The van der Waals surface area contributed by atoms with Crippen LogP contribution in [0.5, 0.6) is 0 Å². The van der Waals surface area contributed by atoms with Gasteiger partial charge >= 0.3 is 0 Å². The monoisotopic (exact) mass is 425 g/mol. The number of halogens is 2. The Hall–Kier alpha value is -2.46. The third kappa shape index (κ3) is 5.04. The van der Waals surface area contributed by atoms with E-state index in [9.17, 15) is 9.18 Å². The van der Waals surface area contributed by atoms with Crippen molar-refractivity contribution in [3.05, 3.63) is 99.3 Å². The lowest BCUT2D eigenvalue weighted by Gasteiger charge is -2.21. The molecule has 138 valence electrons. The summed E-state index contributed by atoms with van der Waals surface area (Å²) in [6, 6.07) is 19.6. The first kappa shape index (κ1) is 19.3. The van der Waals surface area contributed by atoms with Gasteiger partial charge in [-0.05, 0) is 79.1 Å². The van der Waals surface area contributed by atoms with E-state index in [2.05, 4.69) is 47.2 Å². The number of rotatable bonds is 6. The zero-order valence-electron chi connectivity index (χ0n) is 15.3. The molecule has 0 bridgehead atoms. The van der Waals surface area contributed by atoms with Gasteiger partial charge in [0.05, 0.1) is 6.04 Å². The van der Waals surface area contributed by atoms with E-state index in [1.807, 2.05) is 30.3 Å². The number of nitrogens with one attached hydrogen (secondary N) is 1. The highest BCUT2D eigenvalue weighted by Gasteiger charge is 2.18. The molecule has 0 aliphatic heterocycles. The maximum Gasteiger partial charge on any atom is 0.165 e. The summed E-state index contributed by atoms with van der Waals surface area (Å²) in [7, 11) is 0. The average molecular weight is 426 g/mol. The zero-order chi connectivity index (χ0) is 19.4. The molecular weight excluding hydrogens is 405 g/mol. The number of benzene rings is 3. The standard InChI is InChI=1S/C23H21BrFNO/c1-15-3-12-21(13-16(15)2)26-22(17-4-8-19(24)9-5-17)14-23(27)18-6-10-20(25)11-7-18/h3-13,22,26H,14H2,1-2H3. The number of hydrogen-bond acceptors (Lipinski definition) is 2. The van der Waals surface area contributed by atoms with E-state index in [1.54, 1.807) is 0 Å². The molecule has 1 unspecified atom stereocenters. The van der Waals surface area contributed by atoms with E-state index >= 15 is 0 Å². The minimum Gasteiger partial charge on any atom is -0.378 e. The molecule has 0 aromatic heterocycles. The highest BCUT2D eigenvalue weighted by atomic mass is 79.9. The quantitative estimate of drug-likeness (QED) is 0.448. The van der Waals surface area contributed by atoms with Crippen LogP contribution in [0.4, 0.5) is 10.1 Å². The van der Waals surface area contributed by atoms with Gasteiger partial charge in [0.25, 0.3) is 0 Å². The third-order valence-corrected chi connectivity index (χ3v) is 5.20. The van der Waals surface area contributed by atoms with Crippen molar-refractivity contribution in [1.82, 2.24) is 0 Å². The van der Waals surface area contributed by atoms with E-state index < -0.39 is 0 Å². The summed E-state index contributed by atoms with van der Waals surface area (Å²) in [4.78, 5) is 12.7. The smallest absolute Gasteiger partial charge is 0.165 e. The summed E-state index contributed by atoms with van der Waals surface area (Å²) in [5.41, 5.74) is 4.92. The lowest BCUT2D eigenvalue weighted by Crippen LogP contribution is -2.16. The molecular formula is C23H21BrFNO. The molecule has 0 saturated carbocycles. The Labute approximate surface area is 167 Å². The predicted molar refractivity (Wildman–Crippen MR) is 112 cm³/mol. The second-order valence-electron chi connectivity index (χ2n) is 6.68. The van der Waals surface area contributed by atoms with Gasteiger partial charge in [-0.3, -0.25) is 4.79 Å². The van der Waals surface area contributed by atoms with Gasteiger partial charge in [-0.1, -0.05) is 34.1 Å². The molecule has 0 amide bonds. The molecule has 1 atom stereocenters. The van der Waals surface area contributed by atoms with E-state index in [0.29, 0.717) is 5.56 Å². The Bertz CT molecular complexity index is 936. The van der Waals surface area contributed by atoms with Crippen molar-refractivity contribution in [1.29, 1.82) is 0 Å². The summed E-state index contributed by atoms with van der Waals surface area (Å²) in [5, 5.41) is 3.48. The molecule has 0 radical (unpaired) electrons. The molecule has 1 N–H and O–H groups in total. The molecule has 0 aliphatic rings. The molecule has 0 saturated heterocycles. The van der Waals surface area contributed by atoms with E-state index in [1.165, 1.54) is 35.4 Å². The number of carbonyl (C=O) groups excluding carboxylic acids is 1. The van der Waals surface area contributed by atoms with Crippen LogP contribution in [-0.4, -0.2) is 5.78 Å². The normalized spacial score (nSPS) is 11.9. The molecule has 3 rings (SSSR count). The van der Waals surface area contributed by atoms with Gasteiger partial charge < -0.3 is 5.32 Å². The van der Waals surface area contributed by atoms with Crippen LogP contribution in [0.15, 0.2) is 71.2 Å². The van der Waals surface area contributed by atoms with Crippen molar-refractivity contribution < 1.29 is 9.18 Å². The molecule has 27 heavy (non-hydrogen) atoms. The van der Waals surface area contributed by atoms with Gasteiger partial charge in [0, 0.05) is 22.1 Å². The molecule has 0 heterocycles. The number of anilines is 1. The number of aryl methyl sites for hydroxylation is 2. The fourth-order valence-corrected chi connectivity index (χ4v) is 3.18. The van der Waals surface area contributed by atoms with Crippen molar-refractivity contribution in [2.45, 2.75) is 26.3 Å². The number of hydrogen-bond donors (Lipinski definition) is 1. The topological polar surface area (TPSA) is 29.1 Å². The number of carbonyl (C=O) groups is 1. The number of ketones is 1. The first-order valence-corrected chi connectivity index (χ1v) is 9.60. The van der Waals surface area contributed by atoms with Crippen LogP contribution in [0.2, 0.25) is 0 Å². The Morgan fingerprint density at radius 1 is 0.963 bits per heavy atom. The summed E-state index contributed by atoms with van der Waals surface area (Å²) in [5.74, 6) is -0.372. The first-order chi connectivity index (χ1) is 12.9. The molecule has 0 fully saturated rings. The van der Waals surface area contributed by atoms with Gasteiger partial charge in [0.2, 0.25) is 0 Å². The second-order valence-corrected chi connectivity index (χ2v) is 7.60. The molecule has 3 aromatic rings. The summed E-state index contributed by atoms with van der Waals surface area (Å²) in [6.45, 7) is 4.14. The predicted octanol–water partition coefficient (Wildman–Crippen LogP) is 6.63. The lowest BCUT2D eigenvalue weighted by molar-refractivity contribution is 0.0976. The fourth-order valence-electron chi connectivity index (χ4n) is 2.92. The van der Waals surface area contributed by atoms with Crippen LogP contribution in [0, 0.1) is 19.7 Å². The van der Waals surface area contributed by atoms with Gasteiger partial charge in [-0.15, -0.1) is 0 Å².